The SMILES string of the molecule is Cc1c[n+]([O-])c(C)c2c1OCO2. The first-order valence-corrected chi connectivity index (χ1v) is 3.69. The maximum Gasteiger partial charge on any atom is 0.235 e. The number of fused-ring (bicyclic) bond motifs is 1. The van der Waals surface area contributed by atoms with Crippen LogP contribution >= 0.6 is 0 Å². The molecule has 0 atom stereocenters. The lowest BCUT2D eigenvalue weighted by Gasteiger charge is -2.04. The predicted molar refractivity (Wildman–Crippen MR) is 41.0 cm³/mol. The Morgan fingerprint density at radius 2 is 2.00 bits per heavy atom. The number of aryl methyl sites for hydroxylation is 1. The molecule has 1 aliphatic heterocycles. The first kappa shape index (κ1) is 7.21. The third kappa shape index (κ3) is 0.809. The summed E-state index contributed by atoms with van der Waals surface area (Å²) in [6.07, 6.45) is 1.49. The number of hydrogen-bond acceptors (Lipinski definition) is 3. The Bertz CT molecular complexity index is 336. The lowest BCUT2D eigenvalue weighted by atomic mass is 10.2. The molecule has 0 N–H and O–H groups in total. The molecule has 0 saturated heterocycles. The van der Waals surface area contributed by atoms with Gasteiger partial charge in [-0.1, -0.05) is 0 Å². The summed E-state index contributed by atoms with van der Waals surface area (Å²) in [5.74, 6) is 1.27. The Labute approximate surface area is 69.9 Å². The highest BCUT2D eigenvalue weighted by atomic mass is 16.7. The lowest BCUT2D eigenvalue weighted by Crippen LogP contribution is -2.29. The molecule has 1 aliphatic rings. The molecule has 0 amide bonds. The molecule has 0 spiro atoms. The van der Waals surface area contributed by atoms with Gasteiger partial charge in [0.25, 0.3) is 0 Å². The van der Waals surface area contributed by atoms with Crippen molar-refractivity contribution in [1.29, 1.82) is 0 Å². The highest BCUT2D eigenvalue weighted by Gasteiger charge is 2.24. The van der Waals surface area contributed by atoms with Crippen molar-refractivity contribution in [1.82, 2.24) is 0 Å². The molecular weight excluding hydrogens is 158 g/mol. The van der Waals surface area contributed by atoms with Crippen LogP contribution in [0.15, 0.2) is 6.20 Å². The van der Waals surface area contributed by atoms with E-state index in [9.17, 15) is 5.21 Å². The van der Waals surface area contributed by atoms with E-state index < -0.39 is 0 Å². The standard InChI is InChI=1S/C8H9NO3/c1-5-3-9(10)6(2)8-7(5)11-4-12-8/h3H,4H2,1-2H3. The Morgan fingerprint density at radius 1 is 1.33 bits per heavy atom. The van der Waals surface area contributed by atoms with E-state index in [1.165, 1.54) is 6.20 Å². The summed E-state index contributed by atoms with van der Waals surface area (Å²) in [7, 11) is 0. The van der Waals surface area contributed by atoms with Crippen molar-refractivity contribution >= 4 is 0 Å². The highest BCUT2D eigenvalue weighted by molar-refractivity contribution is 5.46. The summed E-state index contributed by atoms with van der Waals surface area (Å²) in [4.78, 5) is 0. The van der Waals surface area contributed by atoms with Gasteiger partial charge in [-0.3, -0.25) is 0 Å². The number of nitrogens with zero attached hydrogens (tertiary/aromatic N) is 1. The minimum atomic E-state index is 0.209. The normalized spacial score (nSPS) is 13.5. The zero-order valence-corrected chi connectivity index (χ0v) is 6.96. The molecular formula is C8H9NO3. The van der Waals surface area contributed by atoms with Crippen molar-refractivity contribution in [2.75, 3.05) is 6.79 Å². The molecule has 1 aromatic heterocycles. The fraction of sp³-hybridized carbons (Fsp3) is 0.375. The number of pyridine rings is 1. The molecule has 4 heteroatoms. The molecule has 0 aliphatic carbocycles. The quantitative estimate of drug-likeness (QED) is 0.421. The molecule has 0 saturated carbocycles. The number of rotatable bonds is 0. The fourth-order valence-electron chi connectivity index (χ4n) is 1.27. The highest BCUT2D eigenvalue weighted by Crippen LogP contribution is 2.35. The van der Waals surface area contributed by atoms with Gasteiger partial charge in [0, 0.05) is 6.92 Å². The third-order valence-electron chi connectivity index (χ3n) is 1.94. The second kappa shape index (κ2) is 2.27. The first-order valence-electron chi connectivity index (χ1n) is 3.69. The van der Waals surface area contributed by atoms with Crippen molar-refractivity contribution in [3.8, 4) is 11.5 Å². The summed E-state index contributed by atoms with van der Waals surface area (Å²) in [6, 6.07) is 0. The largest absolute Gasteiger partial charge is 0.618 e. The van der Waals surface area contributed by atoms with E-state index in [-0.39, 0.29) is 6.79 Å². The Morgan fingerprint density at radius 3 is 2.75 bits per heavy atom. The van der Waals surface area contributed by atoms with Gasteiger partial charge >= 0.3 is 0 Å². The van der Waals surface area contributed by atoms with E-state index in [1.54, 1.807) is 6.92 Å². The van der Waals surface area contributed by atoms with Gasteiger partial charge in [-0.05, 0) is 6.92 Å². The molecule has 1 aromatic rings. The predicted octanol–water partition coefficient (Wildman–Crippen LogP) is 0.666. The summed E-state index contributed by atoms with van der Waals surface area (Å²) in [6.45, 7) is 3.74. The van der Waals surface area contributed by atoms with Gasteiger partial charge < -0.3 is 14.7 Å². The summed E-state index contributed by atoms with van der Waals surface area (Å²) in [5, 5.41) is 11.2. The van der Waals surface area contributed by atoms with Crippen LogP contribution in [-0.4, -0.2) is 6.79 Å². The molecule has 2 rings (SSSR count). The summed E-state index contributed by atoms with van der Waals surface area (Å²) < 4.78 is 11.1. The zero-order chi connectivity index (χ0) is 8.72. The minimum absolute atomic E-state index is 0.209. The molecule has 4 nitrogen and oxygen atoms in total. The van der Waals surface area contributed by atoms with Crippen LogP contribution < -0.4 is 14.2 Å². The smallest absolute Gasteiger partial charge is 0.235 e. The van der Waals surface area contributed by atoms with Gasteiger partial charge in [-0.2, -0.15) is 4.73 Å². The van der Waals surface area contributed by atoms with Crippen LogP contribution in [0.4, 0.5) is 0 Å². The summed E-state index contributed by atoms with van der Waals surface area (Å²) >= 11 is 0. The number of aromatic nitrogens is 1. The molecule has 0 fully saturated rings. The molecule has 0 radical (unpaired) electrons. The van der Waals surface area contributed by atoms with E-state index in [1.807, 2.05) is 6.92 Å². The van der Waals surface area contributed by atoms with Gasteiger partial charge in [-0.25, -0.2) is 0 Å². The Kier molecular flexibility index (Phi) is 1.36. The summed E-state index contributed by atoms with van der Waals surface area (Å²) in [5.41, 5.74) is 1.36. The van der Waals surface area contributed by atoms with E-state index in [0.29, 0.717) is 17.2 Å². The molecule has 0 unspecified atom stereocenters. The van der Waals surface area contributed by atoms with Crippen molar-refractivity contribution in [3.63, 3.8) is 0 Å². The van der Waals surface area contributed by atoms with Gasteiger partial charge in [0.15, 0.2) is 11.9 Å². The molecule has 12 heavy (non-hydrogen) atoms. The molecule has 0 bridgehead atoms. The van der Waals surface area contributed by atoms with Crippen LogP contribution in [0.3, 0.4) is 0 Å². The molecule has 2 heterocycles. The average Bonchev–Trinajstić information content (AvgIpc) is 2.48. The maximum atomic E-state index is 11.2. The van der Waals surface area contributed by atoms with Crippen molar-refractivity contribution in [2.24, 2.45) is 0 Å². The van der Waals surface area contributed by atoms with Gasteiger partial charge in [0.1, 0.15) is 0 Å². The van der Waals surface area contributed by atoms with Crippen molar-refractivity contribution < 1.29 is 14.2 Å². The lowest BCUT2D eigenvalue weighted by molar-refractivity contribution is -0.612. The van der Waals surface area contributed by atoms with Gasteiger partial charge in [0.2, 0.25) is 18.2 Å². The first-order chi connectivity index (χ1) is 5.70. The van der Waals surface area contributed by atoms with Crippen LogP contribution in [0.25, 0.3) is 0 Å². The van der Waals surface area contributed by atoms with Crippen LogP contribution in [-0.2, 0) is 0 Å². The van der Waals surface area contributed by atoms with Crippen molar-refractivity contribution in [3.05, 3.63) is 22.7 Å². The average molecular weight is 167 g/mol. The van der Waals surface area contributed by atoms with E-state index in [2.05, 4.69) is 0 Å². The fourth-order valence-corrected chi connectivity index (χ4v) is 1.27. The second-order valence-electron chi connectivity index (χ2n) is 2.79. The van der Waals surface area contributed by atoms with E-state index >= 15 is 0 Å². The Hall–Kier alpha value is -1.45. The second-order valence-corrected chi connectivity index (χ2v) is 2.79. The van der Waals surface area contributed by atoms with Crippen LogP contribution in [0, 0.1) is 19.1 Å². The van der Waals surface area contributed by atoms with Crippen LogP contribution in [0.2, 0.25) is 0 Å². The number of hydrogen-bond donors (Lipinski definition) is 0. The third-order valence-corrected chi connectivity index (χ3v) is 1.94. The monoisotopic (exact) mass is 167 g/mol. The minimum Gasteiger partial charge on any atom is -0.618 e. The van der Waals surface area contributed by atoms with Crippen molar-refractivity contribution in [2.45, 2.75) is 13.8 Å². The zero-order valence-electron chi connectivity index (χ0n) is 6.96. The topological polar surface area (TPSA) is 45.4 Å². The van der Waals surface area contributed by atoms with Crippen LogP contribution in [0.5, 0.6) is 11.5 Å². The van der Waals surface area contributed by atoms with Crippen LogP contribution in [0.1, 0.15) is 11.3 Å². The van der Waals surface area contributed by atoms with E-state index in [0.717, 1.165) is 10.3 Å². The molecule has 0 aromatic carbocycles. The maximum absolute atomic E-state index is 11.2. The molecule has 64 valence electrons. The van der Waals surface area contributed by atoms with Gasteiger partial charge in [-0.15, -0.1) is 0 Å². The van der Waals surface area contributed by atoms with Gasteiger partial charge in [0.05, 0.1) is 5.56 Å². The van der Waals surface area contributed by atoms with E-state index in [4.69, 9.17) is 9.47 Å². The number of ether oxygens (including phenoxy) is 2. The Balaban J connectivity index is 2.69.